The lowest BCUT2D eigenvalue weighted by atomic mass is 10.0. The molecule has 0 aromatic carbocycles. The number of aromatic nitrogens is 1. The molecular weight excluding hydrogens is 206 g/mol. The van der Waals surface area contributed by atoms with Gasteiger partial charge in [0.05, 0.1) is 0 Å². The topological polar surface area (TPSA) is 58.4 Å². The van der Waals surface area contributed by atoms with Gasteiger partial charge in [0.25, 0.3) is 5.91 Å². The van der Waals surface area contributed by atoms with Crippen LogP contribution in [0, 0.1) is 6.92 Å². The lowest BCUT2D eigenvalue weighted by molar-refractivity contribution is 0.0910. The van der Waals surface area contributed by atoms with Gasteiger partial charge in [-0.1, -0.05) is 5.16 Å². The van der Waals surface area contributed by atoms with Crippen molar-refractivity contribution in [3.05, 3.63) is 17.5 Å². The summed E-state index contributed by atoms with van der Waals surface area (Å²) in [5.41, 5.74) is 0.237. The fraction of sp³-hybridized carbons (Fsp3) is 0.636. The van der Waals surface area contributed by atoms with Crippen molar-refractivity contribution in [1.29, 1.82) is 0 Å². The van der Waals surface area contributed by atoms with Crippen LogP contribution in [0.15, 0.2) is 10.6 Å². The van der Waals surface area contributed by atoms with Gasteiger partial charge in [-0.25, -0.2) is 0 Å². The number of hydrogen-bond donors (Lipinski definition) is 1. The summed E-state index contributed by atoms with van der Waals surface area (Å²) in [4.78, 5) is 13.7. The van der Waals surface area contributed by atoms with Crippen LogP contribution < -0.4 is 5.32 Å². The molecule has 0 saturated carbocycles. The van der Waals surface area contributed by atoms with Crippen LogP contribution in [-0.2, 0) is 0 Å². The molecule has 0 aliphatic heterocycles. The summed E-state index contributed by atoms with van der Waals surface area (Å²) in [6.45, 7) is 6.43. The maximum atomic E-state index is 11.7. The van der Waals surface area contributed by atoms with E-state index in [-0.39, 0.29) is 11.4 Å². The molecule has 1 aromatic heterocycles. The standard InChI is InChI=1S/C11H19N3O2/c1-8-6-9(13-16-8)10(15)12-7-11(2,3)14(4)5/h6H,7H2,1-5H3,(H,12,15). The van der Waals surface area contributed by atoms with Crippen LogP contribution in [0.3, 0.4) is 0 Å². The van der Waals surface area contributed by atoms with Crippen LogP contribution in [-0.4, -0.2) is 42.1 Å². The summed E-state index contributed by atoms with van der Waals surface area (Å²) in [5, 5.41) is 6.49. The average Bonchev–Trinajstić information content (AvgIpc) is 2.61. The maximum absolute atomic E-state index is 11.7. The largest absolute Gasteiger partial charge is 0.361 e. The summed E-state index contributed by atoms with van der Waals surface area (Å²) in [7, 11) is 3.96. The molecule has 0 aliphatic carbocycles. The van der Waals surface area contributed by atoms with Crippen LogP contribution in [0.5, 0.6) is 0 Å². The number of rotatable bonds is 4. The molecule has 0 radical (unpaired) electrons. The Morgan fingerprint density at radius 3 is 2.62 bits per heavy atom. The number of likely N-dealkylation sites (N-methyl/N-ethyl adjacent to an activating group) is 1. The molecule has 1 heterocycles. The van der Waals surface area contributed by atoms with Gasteiger partial charge in [-0.2, -0.15) is 0 Å². The number of carbonyl (C=O) groups is 1. The number of aryl methyl sites for hydroxylation is 1. The highest BCUT2D eigenvalue weighted by Crippen LogP contribution is 2.08. The van der Waals surface area contributed by atoms with E-state index in [1.807, 2.05) is 14.1 Å². The fourth-order valence-corrected chi connectivity index (χ4v) is 1.02. The van der Waals surface area contributed by atoms with E-state index in [0.717, 1.165) is 0 Å². The van der Waals surface area contributed by atoms with Gasteiger partial charge < -0.3 is 14.7 Å². The zero-order valence-electron chi connectivity index (χ0n) is 10.5. The van der Waals surface area contributed by atoms with Crippen molar-refractivity contribution in [1.82, 2.24) is 15.4 Å². The Balaban J connectivity index is 2.54. The second kappa shape index (κ2) is 4.65. The molecule has 1 aromatic rings. The number of hydrogen-bond acceptors (Lipinski definition) is 4. The third kappa shape index (κ3) is 3.06. The van der Waals surface area contributed by atoms with Gasteiger partial charge in [-0.05, 0) is 34.9 Å². The van der Waals surface area contributed by atoms with E-state index in [1.165, 1.54) is 0 Å². The number of carbonyl (C=O) groups excluding carboxylic acids is 1. The average molecular weight is 225 g/mol. The van der Waals surface area contributed by atoms with Gasteiger partial charge in [0.2, 0.25) is 0 Å². The first-order chi connectivity index (χ1) is 7.33. The van der Waals surface area contributed by atoms with Gasteiger partial charge in [0.1, 0.15) is 5.76 Å². The second-order valence-electron chi connectivity index (χ2n) is 4.71. The number of nitrogens with zero attached hydrogens (tertiary/aromatic N) is 2. The second-order valence-corrected chi connectivity index (χ2v) is 4.71. The Bertz CT molecular complexity index is 369. The van der Waals surface area contributed by atoms with Crippen LogP contribution in [0.4, 0.5) is 0 Å². The van der Waals surface area contributed by atoms with Crippen molar-refractivity contribution in [2.45, 2.75) is 26.3 Å². The molecule has 5 nitrogen and oxygen atoms in total. The molecule has 0 unspecified atom stereocenters. The van der Waals surface area contributed by atoms with E-state index in [4.69, 9.17) is 4.52 Å². The molecule has 1 N–H and O–H groups in total. The van der Waals surface area contributed by atoms with Crippen LogP contribution in [0.2, 0.25) is 0 Å². The molecule has 0 bridgehead atoms. The highest BCUT2D eigenvalue weighted by molar-refractivity contribution is 5.92. The Kier molecular flexibility index (Phi) is 3.70. The quantitative estimate of drug-likeness (QED) is 0.832. The van der Waals surface area contributed by atoms with E-state index in [9.17, 15) is 4.79 Å². The van der Waals surface area contributed by atoms with Crippen LogP contribution in [0.1, 0.15) is 30.1 Å². The van der Waals surface area contributed by atoms with E-state index >= 15 is 0 Å². The van der Waals surface area contributed by atoms with Gasteiger partial charge in [0, 0.05) is 18.2 Å². The van der Waals surface area contributed by atoms with E-state index in [1.54, 1.807) is 13.0 Å². The molecular formula is C11H19N3O2. The van der Waals surface area contributed by atoms with Crippen molar-refractivity contribution in [2.75, 3.05) is 20.6 Å². The zero-order chi connectivity index (χ0) is 12.3. The highest BCUT2D eigenvalue weighted by Gasteiger charge is 2.22. The fourth-order valence-electron chi connectivity index (χ4n) is 1.02. The molecule has 0 saturated heterocycles. The third-order valence-electron chi connectivity index (χ3n) is 2.75. The maximum Gasteiger partial charge on any atom is 0.273 e. The van der Waals surface area contributed by atoms with Crippen molar-refractivity contribution in [3.63, 3.8) is 0 Å². The molecule has 1 rings (SSSR count). The zero-order valence-corrected chi connectivity index (χ0v) is 10.5. The van der Waals surface area contributed by atoms with Crippen LogP contribution >= 0.6 is 0 Å². The molecule has 0 atom stereocenters. The Morgan fingerprint density at radius 1 is 1.56 bits per heavy atom. The van der Waals surface area contributed by atoms with Gasteiger partial charge >= 0.3 is 0 Å². The SMILES string of the molecule is Cc1cc(C(=O)NCC(C)(C)N(C)C)no1. The van der Waals surface area contributed by atoms with Gasteiger partial charge in [-0.3, -0.25) is 4.79 Å². The highest BCUT2D eigenvalue weighted by atomic mass is 16.5. The molecule has 90 valence electrons. The predicted octanol–water partition coefficient (Wildman–Crippen LogP) is 1.05. The van der Waals surface area contributed by atoms with Gasteiger partial charge in [-0.15, -0.1) is 0 Å². The summed E-state index contributed by atoms with van der Waals surface area (Å²) < 4.78 is 4.84. The molecule has 0 fully saturated rings. The minimum atomic E-state index is -0.202. The molecule has 1 amide bonds. The van der Waals surface area contributed by atoms with Crippen molar-refractivity contribution < 1.29 is 9.32 Å². The number of amides is 1. The smallest absolute Gasteiger partial charge is 0.273 e. The Morgan fingerprint density at radius 2 is 2.19 bits per heavy atom. The predicted molar refractivity (Wildman–Crippen MR) is 61.3 cm³/mol. The van der Waals surface area contributed by atoms with Crippen molar-refractivity contribution >= 4 is 5.91 Å². The van der Waals surface area contributed by atoms with Gasteiger partial charge in [0.15, 0.2) is 5.69 Å². The summed E-state index contributed by atoms with van der Waals surface area (Å²) >= 11 is 0. The lowest BCUT2D eigenvalue weighted by Gasteiger charge is -2.32. The monoisotopic (exact) mass is 225 g/mol. The molecule has 16 heavy (non-hydrogen) atoms. The Labute approximate surface area is 95.8 Å². The first-order valence-electron chi connectivity index (χ1n) is 5.22. The normalized spacial score (nSPS) is 11.9. The third-order valence-corrected chi connectivity index (χ3v) is 2.75. The molecule has 0 spiro atoms. The minimum absolute atomic E-state index is 0.0888. The van der Waals surface area contributed by atoms with E-state index in [0.29, 0.717) is 18.0 Å². The first-order valence-corrected chi connectivity index (χ1v) is 5.22. The molecule has 0 aliphatic rings. The van der Waals surface area contributed by atoms with Crippen molar-refractivity contribution in [3.8, 4) is 0 Å². The Hall–Kier alpha value is -1.36. The van der Waals surface area contributed by atoms with E-state index < -0.39 is 0 Å². The summed E-state index contributed by atoms with van der Waals surface area (Å²) in [6, 6.07) is 1.62. The lowest BCUT2D eigenvalue weighted by Crippen LogP contribution is -2.48. The molecule has 5 heteroatoms. The van der Waals surface area contributed by atoms with E-state index in [2.05, 4.69) is 29.2 Å². The van der Waals surface area contributed by atoms with Crippen molar-refractivity contribution in [2.24, 2.45) is 0 Å². The van der Waals surface area contributed by atoms with Crippen LogP contribution in [0.25, 0.3) is 0 Å². The first kappa shape index (κ1) is 12.7. The summed E-state index contributed by atoms with van der Waals surface area (Å²) in [5.74, 6) is 0.434. The number of nitrogens with one attached hydrogen (secondary N) is 1. The minimum Gasteiger partial charge on any atom is -0.361 e. The summed E-state index contributed by atoms with van der Waals surface area (Å²) in [6.07, 6.45) is 0.